The van der Waals surface area contributed by atoms with E-state index in [-0.39, 0.29) is 5.91 Å². The van der Waals surface area contributed by atoms with Gasteiger partial charge in [0.25, 0.3) is 0 Å². The van der Waals surface area contributed by atoms with Crippen LogP contribution in [0.4, 0.5) is 0 Å². The highest BCUT2D eigenvalue weighted by Crippen LogP contribution is 2.42. The number of benzene rings is 1. The summed E-state index contributed by atoms with van der Waals surface area (Å²) in [6.45, 7) is 0.481. The van der Waals surface area contributed by atoms with Gasteiger partial charge >= 0.3 is 0 Å². The fourth-order valence-electron chi connectivity index (χ4n) is 3.96. The Morgan fingerprint density at radius 1 is 1.14 bits per heavy atom. The van der Waals surface area contributed by atoms with Gasteiger partial charge in [-0.1, -0.05) is 36.6 Å². The molecule has 1 fully saturated rings. The number of hydrogen-bond acceptors (Lipinski definition) is 4. The molecule has 1 amide bonds. The van der Waals surface area contributed by atoms with E-state index in [1.54, 1.807) is 22.7 Å². The van der Waals surface area contributed by atoms with Crippen molar-refractivity contribution in [3.05, 3.63) is 79.1 Å². The SMILES string of the molecule is O=C(NCc1ccc(C(O)c2ccsc2)s1)C1(c2ccc(Cl)cc2)CCCC1. The fourth-order valence-corrected chi connectivity index (χ4v) is 5.73. The molecule has 2 heterocycles. The molecule has 3 nitrogen and oxygen atoms in total. The van der Waals surface area contributed by atoms with Gasteiger partial charge in [-0.25, -0.2) is 0 Å². The second-order valence-electron chi connectivity index (χ2n) is 7.24. The zero-order valence-corrected chi connectivity index (χ0v) is 17.7. The van der Waals surface area contributed by atoms with E-state index < -0.39 is 11.5 Å². The highest BCUT2D eigenvalue weighted by molar-refractivity contribution is 7.12. The lowest BCUT2D eigenvalue weighted by atomic mass is 9.78. The van der Waals surface area contributed by atoms with Gasteiger partial charge in [-0.15, -0.1) is 11.3 Å². The molecule has 0 saturated heterocycles. The van der Waals surface area contributed by atoms with Crippen molar-refractivity contribution in [3.63, 3.8) is 0 Å². The maximum absolute atomic E-state index is 13.2. The lowest BCUT2D eigenvalue weighted by Crippen LogP contribution is -2.42. The molecular weight excluding hydrogens is 410 g/mol. The van der Waals surface area contributed by atoms with E-state index in [0.29, 0.717) is 11.6 Å². The summed E-state index contributed by atoms with van der Waals surface area (Å²) >= 11 is 9.15. The van der Waals surface area contributed by atoms with Gasteiger partial charge in [0.1, 0.15) is 6.10 Å². The number of carbonyl (C=O) groups is 1. The first-order valence-electron chi connectivity index (χ1n) is 9.42. The van der Waals surface area contributed by atoms with Crippen molar-refractivity contribution in [2.24, 2.45) is 0 Å². The van der Waals surface area contributed by atoms with Crippen LogP contribution in [0.25, 0.3) is 0 Å². The summed E-state index contributed by atoms with van der Waals surface area (Å²) in [5.41, 5.74) is 1.50. The number of halogens is 1. The van der Waals surface area contributed by atoms with Crippen LogP contribution in [0.2, 0.25) is 5.02 Å². The highest BCUT2D eigenvalue weighted by Gasteiger charge is 2.42. The van der Waals surface area contributed by atoms with E-state index in [1.165, 1.54) is 0 Å². The first kappa shape index (κ1) is 19.6. The van der Waals surface area contributed by atoms with Crippen molar-refractivity contribution in [1.29, 1.82) is 0 Å². The highest BCUT2D eigenvalue weighted by atomic mass is 35.5. The number of hydrogen-bond donors (Lipinski definition) is 2. The van der Waals surface area contributed by atoms with Crippen molar-refractivity contribution in [2.45, 2.75) is 43.7 Å². The molecule has 146 valence electrons. The molecule has 0 aliphatic heterocycles. The molecule has 1 saturated carbocycles. The number of thiophene rings is 2. The molecule has 0 radical (unpaired) electrons. The summed E-state index contributed by atoms with van der Waals surface area (Å²) in [6.07, 6.45) is 3.26. The van der Waals surface area contributed by atoms with Crippen molar-refractivity contribution in [1.82, 2.24) is 5.32 Å². The Hall–Kier alpha value is -1.66. The summed E-state index contributed by atoms with van der Waals surface area (Å²) in [7, 11) is 0. The van der Waals surface area contributed by atoms with Crippen LogP contribution in [0, 0.1) is 0 Å². The molecule has 3 aromatic rings. The Bertz CT molecular complexity index is 928. The van der Waals surface area contributed by atoms with Gasteiger partial charge in [0, 0.05) is 14.8 Å². The third-order valence-corrected chi connectivity index (χ3v) is 7.61. The van der Waals surface area contributed by atoms with Crippen molar-refractivity contribution in [3.8, 4) is 0 Å². The van der Waals surface area contributed by atoms with E-state index in [0.717, 1.165) is 46.6 Å². The average Bonchev–Trinajstić information content (AvgIpc) is 3.48. The molecule has 1 atom stereocenters. The minimum absolute atomic E-state index is 0.0839. The summed E-state index contributed by atoms with van der Waals surface area (Å²) in [5, 5.41) is 18.2. The Balaban J connectivity index is 1.45. The lowest BCUT2D eigenvalue weighted by molar-refractivity contribution is -0.126. The molecular formula is C22H22ClNO2S2. The zero-order valence-electron chi connectivity index (χ0n) is 15.4. The summed E-state index contributed by atoms with van der Waals surface area (Å²) in [5.74, 6) is 0.0839. The van der Waals surface area contributed by atoms with Crippen LogP contribution >= 0.6 is 34.3 Å². The minimum Gasteiger partial charge on any atom is -0.383 e. The van der Waals surface area contributed by atoms with Crippen LogP contribution in [0.1, 0.15) is 52.7 Å². The van der Waals surface area contributed by atoms with Crippen LogP contribution in [-0.4, -0.2) is 11.0 Å². The van der Waals surface area contributed by atoms with E-state index in [9.17, 15) is 9.90 Å². The van der Waals surface area contributed by atoms with Crippen molar-refractivity contribution in [2.75, 3.05) is 0 Å². The Morgan fingerprint density at radius 3 is 2.57 bits per heavy atom. The quantitative estimate of drug-likeness (QED) is 0.528. The number of nitrogens with one attached hydrogen (secondary N) is 1. The largest absolute Gasteiger partial charge is 0.383 e. The minimum atomic E-state index is -0.601. The average molecular weight is 432 g/mol. The van der Waals surface area contributed by atoms with Crippen LogP contribution in [0.3, 0.4) is 0 Å². The zero-order chi connectivity index (χ0) is 19.6. The van der Waals surface area contributed by atoms with E-state index >= 15 is 0 Å². The van der Waals surface area contributed by atoms with Crippen LogP contribution in [-0.2, 0) is 16.8 Å². The Labute approximate surface area is 178 Å². The standard InChI is InChI=1S/C22H22ClNO2S2/c23-17-5-3-16(4-6-17)22(10-1-2-11-22)21(26)24-13-18-7-8-19(28-18)20(25)15-9-12-27-14-15/h3-9,12,14,20,25H,1-2,10-11,13H2,(H,24,26). The van der Waals surface area contributed by atoms with Gasteiger partial charge in [0.05, 0.1) is 12.0 Å². The maximum atomic E-state index is 13.2. The summed E-state index contributed by atoms with van der Waals surface area (Å²) in [6, 6.07) is 13.6. The normalized spacial score (nSPS) is 16.8. The third-order valence-electron chi connectivity index (χ3n) is 5.52. The molecule has 0 bridgehead atoms. The smallest absolute Gasteiger partial charge is 0.230 e. The van der Waals surface area contributed by atoms with Gasteiger partial charge in [-0.2, -0.15) is 11.3 Å². The molecule has 1 aromatic carbocycles. The van der Waals surface area contributed by atoms with Gasteiger partial charge in [-0.3, -0.25) is 4.79 Å². The second kappa shape index (κ2) is 8.37. The van der Waals surface area contributed by atoms with Gasteiger partial charge in [0.2, 0.25) is 5.91 Å². The van der Waals surface area contributed by atoms with Crippen LogP contribution in [0.5, 0.6) is 0 Å². The Kier molecular flexibility index (Phi) is 5.88. The molecule has 1 aliphatic carbocycles. The molecule has 28 heavy (non-hydrogen) atoms. The van der Waals surface area contributed by atoms with Crippen molar-refractivity contribution < 1.29 is 9.90 Å². The molecule has 6 heteroatoms. The monoisotopic (exact) mass is 431 g/mol. The second-order valence-corrected chi connectivity index (χ2v) is 9.66. The number of carbonyl (C=O) groups excluding carboxylic acids is 1. The predicted octanol–water partition coefficient (Wildman–Crippen LogP) is 5.67. The number of rotatable bonds is 6. The summed E-state index contributed by atoms with van der Waals surface area (Å²) < 4.78 is 0. The third kappa shape index (κ3) is 3.90. The topological polar surface area (TPSA) is 49.3 Å². The molecule has 1 unspecified atom stereocenters. The number of aliphatic hydroxyl groups excluding tert-OH is 1. The van der Waals surface area contributed by atoms with Crippen LogP contribution < -0.4 is 5.32 Å². The van der Waals surface area contributed by atoms with Gasteiger partial charge in [0.15, 0.2) is 0 Å². The Morgan fingerprint density at radius 2 is 1.89 bits per heavy atom. The summed E-state index contributed by atoms with van der Waals surface area (Å²) in [4.78, 5) is 15.1. The molecule has 0 spiro atoms. The first-order valence-corrected chi connectivity index (χ1v) is 11.6. The molecule has 1 aliphatic rings. The maximum Gasteiger partial charge on any atom is 0.230 e. The van der Waals surface area contributed by atoms with E-state index in [4.69, 9.17) is 11.6 Å². The molecule has 2 N–H and O–H groups in total. The van der Waals surface area contributed by atoms with Gasteiger partial charge in [-0.05, 0) is 65.1 Å². The van der Waals surface area contributed by atoms with Crippen LogP contribution in [0.15, 0.2) is 53.2 Å². The van der Waals surface area contributed by atoms with E-state index in [2.05, 4.69) is 5.32 Å². The number of amides is 1. The molecule has 4 rings (SSSR count). The van der Waals surface area contributed by atoms with Crippen molar-refractivity contribution >= 4 is 40.2 Å². The predicted molar refractivity (Wildman–Crippen MR) is 116 cm³/mol. The number of aliphatic hydroxyl groups is 1. The van der Waals surface area contributed by atoms with Gasteiger partial charge < -0.3 is 10.4 Å². The fraction of sp³-hybridized carbons (Fsp3) is 0.318. The first-order chi connectivity index (χ1) is 13.6. The lowest BCUT2D eigenvalue weighted by Gasteiger charge is -2.28. The van der Waals surface area contributed by atoms with E-state index in [1.807, 2.05) is 53.2 Å². The molecule has 2 aromatic heterocycles.